The van der Waals surface area contributed by atoms with Crippen LogP contribution >= 0.6 is 0 Å². The lowest BCUT2D eigenvalue weighted by Crippen LogP contribution is -2.42. The van der Waals surface area contributed by atoms with E-state index in [9.17, 15) is 4.79 Å². The largest absolute Gasteiger partial charge is 0.351 e. The van der Waals surface area contributed by atoms with E-state index in [4.69, 9.17) is 0 Å². The Balaban J connectivity index is 1.87. The highest BCUT2D eigenvalue weighted by Crippen LogP contribution is 2.26. The smallest absolute Gasteiger partial charge is 0.254 e. The van der Waals surface area contributed by atoms with E-state index in [0.29, 0.717) is 5.56 Å². The van der Waals surface area contributed by atoms with Crippen molar-refractivity contribution in [2.75, 3.05) is 19.6 Å². The molecule has 0 spiro atoms. The van der Waals surface area contributed by atoms with Crippen LogP contribution in [0.4, 0.5) is 0 Å². The van der Waals surface area contributed by atoms with Crippen molar-refractivity contribution in [2.45, 2.75) is 33.2 Å². The maximum Gasteiger partial charge on any atom is 0.254 e. The first-order valence-electron chi connectivity index (χ1n) is 6.64. The summed E-state index contributed by atoms with van der Waals surface area (Å²) in [6, 6.07) is 0. The van der Waals surface area contributed by atoms with Gasteiger partial charge in [0.15, 0.2) is 0 Å². The van der Waals surface area contributed by atoms with Crippen LogP contribution in [-0.4, -0.2) is 35.3 Å². The lowest BCUT2D eigenvalue weighted by molar-refractivity contribution is 0.0922. The number of nitrogens with one attached hydrogen (secondary N) is 2. The number of aromatic nitrogens is 2. The van der Waals surface area contributed by atoms with E-state index < -0.39 is 0 Å². The van der Waals surface area contributed by atoms with E-state index in [1.54, 1.807) is 17.1 Å². The summed E-state index contributed by atoms with van der Waals surface area (Å²) >= 11 is 0. The molecule has 1 aliphatic rings. The molecule has 0 unspecified atom stereocenters. The normalized spacial score (nSPS) is 18.6. The Labute approximate surface area is 108 Å². The number of piperidine rings is 1. The molecule has 5 heteroatoms. The van der Waals surface area contributed by atoms with Crippen molar-refractivity contribution < 1.29 is 4.79 Å². The van der Waals surface area contributed by atoms with Gasteiger partial charge >= 0.3 is 0 Å². The van der Waals surface area contributed by atoms with E-state index in [1.807, 2.05) is 6.92 Å². The molecule has 0 saturated carbocycles. The molecule has 0 atom stereocenters. The molecule has 18 heavy (non-hydrogen) atoms. The van der Waals surface area contributed by atoms with Crippen LogP contribution < -0.4 is 10.6 Å². The zero-order chi connectivity index (χ0) is 13.0. The Hall–Kier alpha value is -1.36. The van der Waals surface area contributed by atoms with E-state index in [1.165, 1.54) is 0 Å². The number of amides is 1. The van der Waals surface area contributed by atoms with Gasteiger partial charge in [0.25, 0.3) is 5.91 Å². The molecule has 2 heterocycles. The molecule has 0 radical (unpaired) electrons. The topological polar surface area (TPSA) is 59.0 Å². The summed E-state index contributed by atoms with van der Waals surface area (Å²) in [6.45, 7) is 7.86. The number of nitrogens with zero attached hydrogens (tertiary/aromatic N) is 2. The molecule has 100 valence electrons. The third-order valence-corrected chi connectivity index (χ3v) is 3.71. The van der Waals surface area contributed by atoms with E-state index >= 15 is 0 Å². The summed E-state index contributed by atoms with van der Waals surface area (Å²) in [5.41, 5.74) is 0.871. The highest BCUT2D eigenvalue weighted by atomic mass is 16.1. The van der Waals surface area contributed by atoms with Gasteiger partial charge in [-0.05, 0) is 38.3 Å². The summed E-state index contributed by atoms with van der Waals surface area (Å²) in [5.74, 6) is -0.0190. The van der Waals surface area contributed by atoms with Gasteiger partial charge in [-0.15, -0.1) is 0 Å². The molecule has 1 aromatic heterocycles. The van der Waals surface area contributed by atoms with Gasteiger partial charge in [-0.2, -0.15) is 5.10 Å². The number of carbonyl (C=O) groups is 1. The molecule has 0 bridgehead atoms. The quantitative estimate of drug-likeness (QED) is 0.839. The molecule has 1 amide bonds. The van der Waals surface area contributed by atoms with Crippen LogP contribution in [0.15, 0.2) is 12.4 Å². The van der Waals surface area contributed by atoms with E-state index in [0.717, 1.165) is 39.0 Å². The fourth-order valence-electron chi connectivity index (χ4n) is 2.26. The predicted molar refractivity (Wildman–Crippen MR) is 70.4 cm³/mol. The number of rotatable bonds is 4. The van der Waals surface area contributed by atoms with Gasteiger partial charge < -0.3 is 10.6 Å². The Bertz CT molecular complexity index is 407. The standard InChI is InChI=1S/C13H22N4O/c1-3-17-9-11(8-16-17)12(18)15-10-13(2)4-6-14-7-5-13/h8-9,14H,3-7,10H2,1-2H3,(H,15,18). The minimum atomic E-state index is -0.0190. The Morgan fingerprint density at radius 1 is 1.56 bits per heavy atom. The maximum absolute atomic E-state index is 12.0. The van der Waals surface area contributed by atoms with Crippen LogP contribution in [0.25, 0.3) is 0 Å². The van der Waals surface area contributed by atoms with Gasteiger partial charge in [-0.1, -0.05) is 6.92 Å². The fraction of sp³-hybridized carbons (Fsp3) is 0.692. The first-order valence-corrected chi connectivity index (χ1v) is 6.64. The second-order valence-corrected chi connectivity index (χ2v) is 5.33. The molecular formula is C13H22N4O. The summed E-state index contributed by atoms with van der Waals surface area (Å²) in [4.78, 5) is 12.0. The lowest BCUT2D eigenvalue weighted by Gasteiger charge is -2.34. The molecule has 1 aliphatic heterocycles. The second-order valence-electron chi connectivity index (χ2n) is 5.33. The second kappa shape index (κ2) is 5.52. The first-order chi connectivity index (χ1) is 8.63. The molecule has 2 rings (SSSR count). The van der Waals surface area contributed by atoms with E-state index in [-0.39, 0.29) is 11.3 Å². The van der Waals surface area contributed by atoms with Crippen LogP contribution in [0.5, 0.6) is 0 Å². The molecule has 2 N–H and O–H groups in total. The van der Waals surface area contributed by atoms with Crippen molar-refractivity contribution in [1.29, 1.82) is 0 Å². The molecule has 5 nitrogen and oxygen atoms in total. The lowest BCUT2D eigenvalue weighted by atomic mass is 9.81. The highest BCUT2D eigenvalue weighted by Gasteiger charge is 2.27. The minimum Gasteiger partial charge on any atom is -0.351 e. The van der Waals surface area contributed by atoms with Gasteiger partial charge in [0.2, 0.25) is 0 Å². The van der Waals surface area contributed by atoms with Gasteiger partial charge in [-0.25, -0.2) is 0 Å². The van der Waals surface area contributed by atoms with Crippen LogP contribution in [0.2, 0.25) is 0 Å². The van der Waals surface area contributed by atoms with Crippen molar-refractivity contribution >= 4 is 5.91 Å². The SMILES string of the molecule is CCn1cc(C(=O)NCC2(C)CCNCC2)cn1. The van der Waals surface area contributed by atoms with Crippen molar-refractivity contribution in [3.8, 4) is 0 Å². The van der Waals surface area contributed by atoms with Crippen molar-refractivity contribution in [3.05, 3.63) is 18.0 Å². The molecule has 1 saturated heterocycles. The third-order valence-electron chi connectivity index (χ3n) is 3.71. The molecule has 0 aromatic carbocycles. The zero-order valence-electron chi connectivity index (χ0n) is 11.2. The van der Waals surface area contributed by atoms with Gasteiger partial charge in [0.05, 0.1) is 11.8 Å². The Morgan fingerprint density at radius 3 is 2.89 bits per heavy atom. The van der Waals surface area contributed by atoms with Crippen molar-refractivity contribution in [3.63, 3.8) is 0 Å². The van der Waals surface area contributed by atoms with Crippen LogP contribution in [0.3, 0.4) is 0 Å². The number of aryl methyl sites for hydroxylation is 1. The first kappa shape index (κ1) is 13.1. The maximum atomic E-state index is 12.0. The monoisotopic (exact) mass is 250 g/mol. The Kier molecular flexibility index (Phi) is 4.01. The van der Waals surface area contributed by atoms with Crippen molar-refractivity contribution in [2.24, 2.45) is 5.41 Å². The summed E-state index contributed by atoms with van der Waals surface area (Å²) in [7, 11) is 0. The highest BCUT2D eigenvalue weighted by molar-refractivity contribution is 5.93. The molecule has 1 fully saturated rings. The van der Waals surface area contributed by atoms with Crippen LogP contribution in [-0.2, 0) is 6.54 Å². The van der Waals surface area contributed by atoms with E-state index in [2.05, 4.69) is 22.7 Å². The zero-order valence-corrected chi connectivity index (χ0v) is 11.2. The predicted octanol–water partition coefficient (Wildman–Crippen LogP) is 1.02. The average Bonchev–Trinajstić information content (AvgIpc) is 2.86. The summed E-state index contributed by atoms with van der Waals surface area (Å²) < 4.78 is 1.77. The van der Waals surface area contributed by atoms with Crippen LogP contribution in [0.1, 0.15) is 37.0 Å². The molecule has 1 aromatic rings. The van der Waals surface area contributed by atoms with Gasteiger partial charge in [0, 0.05) is 19.3 Å². The van der Waals surface area contributed by atoms with Crippen LogP contribution in [0, 0.1) is 5.41 Å². The Morgan fingerprint density at radius 2 is 2.28 bits per heavy atom. The van der Waals surface area contributed by atoms with Gasteiger partial charge in [0.1, 0.15) is 0 Å². The average molecular weight is 250 g/mol. The number of carbonyl (C=O) groups excluding carboxylic acids is 1. The van der Waals surface area contributed by atoms with Crippen molar-refractivity contribution in [1.82, 2.24) is 20.4 Å². The number of hydrogen-bond donors (Lipinski definition) is 2. The van der Waals surface area contributed by atoms with Gasteiger partial charge in [-0.3, -0.25) is 9.48 Å². The summed E-state index contributed by atoms with van der Waals surface area (Å²) in [6.07, 6.45) is 5.65. The fourth-order valence-corrected chi connectivity index (χ4v) is 2.26. The third kappa shape index (κ3) is 3.10. The molecule has 0 aliphatic carbocycles. The molecular weight excluding hydrogens is 228 g/mol. The summed E-state index contributed by atoms with van der Waals surface area (Å²) in [5, 5.41) is 10.5. The minimum absolute atomic E-state index is 0.0190. The number of hydrogen-bond acceptors (Lipinski definition) is 3.